The lowest BCUT2D eigenvalue weighted by Gasteiger charge is -2.16. The minimum atomic E-state index is -0.0645. The number of ether oxygens (including phenoxy) is 1. The SMILES string of the molecule is CCC(CNC(=O)COCc1ccccc1)c1ccccc1. The Balaban J connectivity index is 1.70. The molecule has 22 heavy (non-hydrogen) atoms. The molecule has 0 aromatic heterocycles. The predicted octanol–water partition coefficient (Wildman–Crippen LogP) is 3.51. The molecule has 0 aliphatic rings. The molecule has 2 aromatic carbocycles. The number of amides is 1. The van der Waals surface area contributed by atoms with Crippen LogP contribution in [-0.2, 0) is 16.1 Å². The largest absolute Gasteiger partial charge is 0.367 e. The van der Waals surface area contributed by atoms with Crippen LogP contribution in [0.15, 0.2) is 60.7 Å². The Bertz CT molecular complexity index is 554. The van der Waals surface area contributed by atoms with Crippen molar-refractivity contribution in [2.75, 3.05) is 13.2 Å². The molecule has 1 N–H and O–H groups in total. The summed E-state index contributed by atoms with van der Waals surface area (Å²) in [5.41, 5.74) is 2.33. The van der Waals surface area contributed by atoms with Crippen LogP contribution in [0.2, 0.25) is 0 Å². The molecule has 1 amide bonds. The highest BCUT2D eigenvalue weighted by molar-refractivity contribution is 5.77. The minimum Gasteiger partial charge on any atom is -0.367 e. The molecule has 0 aliphatic heterocycles. The molecule has 2 aromatic rings. The second-order valence-electron chi connectivity index (χ2n) is 5.30. The molecule has 0 radical (unpaired) electrons. The van der Waals surface area contributed by atoms with Crippen LogP contribution in [0.3, 0.4) is 0 Å². The first kappa shape index (κ1) is 16.2. The summed E-state index contributed by atoms with van der Waals surface area (Å²) in [6, 6.07) is 20.1. The van der Waals surface area contributed by atoms with Gasteiger partial charge >= 0.3 is 0 Å². The highest BCUT2D eigenvalue weighted by atomic mass is 16.5. The van der Waals surface area contributed by atoms with Gasteiger partial charge in [-0.1, -0.05) is 67.6 Å². The van der Waals surface area contributed by atoms with Gasteiger partial charge in [0.25, 0.3) is 0 Å². The van der Waals surface area contributed by atoms with Crippen molar-refractivity contribution in [3.8, 4) is 0 Å². The van der Waals surface area contributed by atoms with Gasteiger partial charge in [-0.25, -0.2) is 0 Å². The van der Waals surface area contributed by atoms with E-state index in [9.17, 15) is 4.79 Å². The molecular weight excluding hydrogens is 274 g/mol. The van der Waals surface area contributed by atoms with E-state index in [2.05, 4.69) is 24.4 Å². The van der Waals surface area contributed by atoms with Crippen LogP contribution >= 0.6 is 0 Å². The number of benzene rings is 2. The van der Waals surface area contributed by atoms with E-state index in [4.69, 9.17) is 4.74 Å². The maximum Gasteiger partial charge on any atom is 0.246 e. The van der Waals surface area contributed by atoms with Crippen LogP contribution in [0, 0.1) is 0 Å². The quantitative estimate of drug-likeness (QED) is 0.809. The summed E-state index contributed by atoms with van der Waals surface area (Å²) in [6.45, 7) is 3.34. The Morgan fingerprint density at radius 3 is 2.32 bits per heavy atom. The molecule has 0 saturated carbocycles. The molecule has 3 nitrogen and oxygen atoms in total. The van der Waals surface area contributed by atoms with Crippen molar-refractivity contribution in [2.24, 2.45) is 0 Å². The first-order valence-corrected chi connectivity index (χ1v) is 7.73. The Labute approximate surface area is 132 Å². The molecule has 0 saturated heterocycles. The first-order chi connectivity index (χ1) is 10.8. The van der Waals surface area contributed by atoms with Crippen LogP contribution in [0.25, 0.3) is 0 Å². The zero-order valence-corrected chi connectivity index (χ0v) is 13.0. The van der Waals surface area contributed by atoms with Crippen molar-refractivity contribution in [1.82, 2.24) is 5.32 Å². The van der Waals surface area contributed by atoms with Crippen LogP contribution in [0.4, 0.5) is 0 Å². The van der Waals surface area contributed by atoms with Crippen molar-refractivity contribution in [2.45, 2.75) is 25.9 Å². The Morgan fingerprint density at radius 2 is 1.68 bits per heavy atom. The summed E-state index contributed by atoms with van der Waals surface area (Å²) in [5.74, 6) is 0.282. The summed E-state index contributed by atoms with van der Waals surface area (Å²) in [4.78, 5) is 11.8. The molecule has 0 fully saturated rings. The van der Waals surface area contributed by atoms with Crippen molar-refractivity contribution in [1.29, 1.82) is 0 Å². The number of carbonyl (C=O) groups is 1. The maximum absolute atomic E-state index is 11.8. The van der Waals surface area contributed by atoms with Gasteiger partial charge in [0, 0.05) is 12.5 Å². The summed E-state index contributed by atoms with van der Waals surface area (Å²) >= 11 is 0. The normalized spacial score (nSPS) is 11.9. The van der Waals surface area contributed by atoms with E-state index in [1.165, 1.54) is 5.56 Å². The fraction of sp³-hybridized carbons (Fsp3) is 0.316. The fourth-order valence-electron chi connectivity index (χ4n) is 2.35. The second kappa shape index (κ2) is 9.00. The number of hydrogen-bond donors (Lipinski definition) is 1. The van der Waals surface area contributed by atoms with Crippen LogP contribution in [0.1, 0.15) is 30.4 Å². The summed E-state index contributed by atoms with van der Waals surface area (Å²) < 4.78 is 5.44. The highest BCUT2D eigenvalue weighted by Gasteiger charge is 2.10. The van der Waals surface area contributed by atoms with Crippen LogP contribution in [-0.4, -0.2) is 19.1 Å². The van der Waals surface area contributed by atoms with E-state index in [0.29, 0.717) is 19.1 Å². The van der Waals surface area contributed by atoms with E-state index in [-0.39, 0.29) is 12.5 Å². The van der Waals surface area contributed by atoms with Gasteiger partial charge in [-0.15, -0.1) is 0 Å². The van der Waals surface area contributed by atoms with Crippen molar-refractivity contribution >= 4 is 5.91 Å². The van der Waals surface area contributed by atoms with Gasteiger partial charge in [-0.3, -0.25) is 4.79 Å². The lowest BCUT2D eigenvalue weighted by Crippen LogP contribution is -2.31. The van der Waals surface area contributed by atoms with Gasteiger partial charge in [0.05, 0.1) is 6.61 Å². The van der Waals surface area contributed by atoms with Gasteiger partial charge in [0.2, 0.25) is 5.91 Å². The Hall–Kier alpha value is -2.13. The molecule has 3 heteroatoms. The molecule has 0 heterocycles. The van der Waals surface area contributed by atoms with Gasteiger partial charge < -0.3 is 10.1 Å². The molecule has 0 bridgehead atoms. The average Bonchev–Trinajstić information content (AvgIpc) is 2.57. The van der Waals surface area contributed by atoms with Gasteiger partial charge in [0.1, 0.15) is 6.61 Å². The summed E-state index contributed by atoms with van der Waals surface area (Å²) in [7, 11) is 0. The standard InChI is InChI=1S/C19H23NO2/c1-2-17(18-11-7-4-8-12-18)13-20-19(21)15-22-14-16-9-5-3-6-10-16/h3-12,17H,2,13-15H2,1H3,(H,20,21). The molecule has 116 valence electrons. The number of hydrogen-bond acceptors (Lipinski definition) is 2. The van der Waals surface area contributed by atoms with Crippen molar-refractivity contribution < 1.29 is 9.53 Å². The smallest absolute Gasteiger partial charge is 0.246 e. The zero-order valence-electron chi connectivity index (χ0n) is 13.0. The predicted molar refractivity (Wildman–Crippen MR) is 88.6 cm³/mol. The lowest BCUT2D eigenvalue weighted by atomic mass is 9.96. The molecule has 0 spiro atoms. The lowest BCUT2D eigenvalue weighted by molar-refractivity contribution is -0.126. The third-order valence-corrected chi connectivity index (χ3v) is 3.65. The average molecular weight is 297 g/mol. The molecule has 2 rings (SSSR count). The zero-order chi connectivity index (χ0) is 15.6. The van der Waals surface area contributed by atoms with Crippen LogP contribution in [0.5, 0.6) is 0 Å². The minimum absolute atomic E-state index is 0.0645. The number of rotatable bonds is 8. The summed E-state index contributed by atoms with van der Waals surface area (Å²) in [6.07, 6.45) is 0.995. The van der Waals surface area contributed by atoms with Gasteiger partial charge in [0.15, 0.2) is 0 Å². The van der Waals surface area contributed by atoms with E-state index < -0.39 is 0 Å². The first-order valence-electron chi connectivity index (χ1n) is 7.73. The van der Waals surface area contributed by atoms with E-state index >= 15 is 0 Å². The summed E-state index contributed by atoms with van der Waals surface area (Å²) in [5, 5.41) is 2.95. The Kier molecular flexibility index (Phi) is 6.65. The molecule has 0 aliphatic carbocycles. The topological polar surface area (TPSA) is 38.3 Å². The van der Waals surface area contributed by atoms with E-state index in [1.54, 1.807) is 0 Å². The third kappa shape index (κ3) is 5.34. The van der Waals surface area contributed by atoms with Gasteiger partial charge in [-0.2, -0.15) is 0 Å². The van der Waals surface area contributed by atoms with E-state index in [0.717, 1.165) is 12.0 Å². The monoisotopic (exact) mass is 297 g/mol. The van der Waals surface area contributed by atoms with E-state index in [1.807, 2.05) is 48.5 Å². The molecule has 1 unspecified atom stereocenters. The number of carbonyl (C=O) groups excluding carboxylic acids is 1. The third-order valence-electron chi connectivity index (χ3n) is 3.65. The Morgan fingerprint density at radius 1 is 1.05 bits per heavy atom. The molecular formula is C19H23NO2. The number of nitrogens with one attached hydrogen (secondary N) is 1. The molecule has 1 atom stereocenters. The van der Waals surface area contributed by atoms with Gasteiger partial charge in [-0.05, 0) is 17.5 Å². The van der Waals surface area contributed by atoms with Crippen LogP contribution < -0.4 is 5.32 Å². The second-order valence-corrected chi connectivity index (χ2v) is 5.30. The fourth-order valence-corrected chi connectivity index (χ4v) is 2.35. The maximum atomic E-state index is 11.8. The highest BCUT2D eigenvalue weighted by Crippen LogP contribution is 2.17. The van der Waals surface area contributed by atoms with Crippen molar-refractivity contribution in [3.05, 3.63) is 71.8 Å². The van der Waals surface area contributed by atoms with Crippen molar-refractivity contribution in [3.63, 3.8) is 0 Å².